The molecule has 1 aromatic heterocycles. The smallest absolute Gasteiger partial charge is 0.243 e. The number of sulfonamides is 1. The van der Waals surface area contributed by atoms with Crippen LogP contribution in [0.3, 0.4) is 0 Å². The highest BCUT2D eigenvalue weighted by molar-refractivity contribution is 9.10. The van der Waals surface area contributed by atoms with Gasteiger partial charge in [-0.1, -0.05) is 0 Å². The van der Waals surface area contributed by atoms with Crippen LogP contribution in [0.2, 0.25) is 0 Å². The molecule has 0 fully saturated rings. The monoisotopic (exact) mass is 387 g/mol. The molecule has 0 N–H and O–H groups in total. The number of aromatic nitrogens is 2. The summed E-state index contributed by atoms with van der Waals surface area (Å²) in [5, 5.41) is 4.35. The Balaban J connectivity index is 2.22. The maximum atomic E-state index is 12.6. The van der Waals surface area contributed by atoms with Crippen LogP contribution in [0, 0.1) is 0 Å². The standard InChI is InChI=1S/C14H18BrN3O3S/c1-4-18-9-13(15)14(16-18)10-17(2)22(19,20)12-7-5-11(21-3)6-8-12/h5-9H,4,10H2,1-3H3. The fourth-order valence-electron chi connectivity index (χ4n) is 1.93. The first-order valence-electron chi connectivity index (χ1n) is 6.70. The topological polar surface area (TPSA) is 64.4 Å². The lowest BCUT2D eigenvalue weighted by Crippen LogP contribution is -2.26. The molecular weight excluding hydrogens is 370 g/mol. The Kier molecular flexibility index (Phi) is 5.25. The lowest BCUT2D eigenvalue weighted by molar-refractivity contribution is 0.414. The molecule has 0 spiro atoms. The van der Waals surface area contributed by atoms with Gasteiger partial charge in [0.25, 0.3) is 0 Å². The number of hydrogen-bond acceptors (Lipinski definition) is 4. The molecule has 0 saturated heterocycles. The molecule has 2 aromatic rings. The third-order valence-corrected chi connectivity index (χ3v) is 5.73. The molecule has 0 amide bonds. The van der Waals surface area contributed by atoms with Gasteiger partial charge in [-0.25, -0.2) is 8.42 Å². The molecule has 0 unspecified atom stereocenters. The number of rotatable bonds is 6. The van der Waals surface area contributed by atoms with Crippen molar-refractivity contribution in [3.63, 3.8) is 0 Å². The Hall–Kier alpha value is -1.38. The molecule has 1 aromatic carbocycles. The second-order valence-corrected chi connectivity index (χ2v) is 7.62. The minimum atomic E-state index is -3.57. The SMILES string of the molecule is CCn1cc(Br)c(CN(C)S(=O)(=O)c2ccc(OC)cc2)n1. The van der Waals surface area contributed by atoms with E-state index in [4.69, 9.17) is 4.74 Å². The lowest BCUT2D eigenvalue weighted by Gasteiger charge is -2.16. The Morgan fingerprint density at radius 3 is 2.45 bits per heavy atom. The van der Waals surface area contributed by atoms with E-state index in [0.717, 1.165) is 11.0 Å². The minimum absolute atomic E-state index is 0.196. The van der Waals surface area contributed by atoms with Crippen molar-refractivity contribution in [2.75, 3.05) is 14.2 Å². The number of benzene rings is 1. The van der Waals surface area contributed by atoms with Gasteiger partial charge in [0.15, 0.2) is 0 Å². The van der Waals surface area contributed by atoms with Crippen molar-refractivity contribution in [2.24, 2.45) is 0 Å². The van der Waals surface area contributed by atoms with E-state index >= 15 is 0 Å². The lowest BCUT2D eigenvalue weighted by atomic mass is 10.3. The summed E-state index contributed by atoms with van der Waals surface area (Å²) < 4.78 is 34.0. The van der Waals surface area contributed by atoms with E-state index < -0.39 is 10.0 Å². The molecule has 0 aliphatic heterocycles. The fourth-order valence-corrected chi connectivity index (χ4v) is 3.50. The molecule has 22 heavy (non-hydrogen) atoms. The van der Waals surface area contributed by atoms with Crippen LogP contribution in [0.4, 0.5) is 0 Å². The molecule has 0 atom stereocenters. The summed E-state index contributed by atoms with van der Waals surface area (Å²) in [4.78, 5) is 0.224. The van der Waals surface area contributed by atoms with Crippen molar-refractivity contribution in [1.82, 2.24) is 14.1 Å². The van der Waals surface area contributed by atoms with Crippen molar-refractivity contribution in [1.29, 1.82) is 0 Å². The third kappa shape index (κ3) is 3.50. The van der Waals surface area contributed by atoms with E-state index in [-0.39, 0.29) is 11.4 Å². The van der Waals surface area contributed by atoms with Crippen LogP contribution in [0.1, 0.15) is 12.6 Å². The Labute approximate surface area is 138 Å². The Morgan fingerprint density at radius 1 is 1.32 bits per heavy atom. The minimum Gasteiger partial charge on any atom is -0.497 e. The van der Waals surface area contributed by atoms with Crippen LogP contribution in [0.25, 0.3) is 0 Å². The third-order valence-electron chi connectivity index (χ3n) is 3.25. The largest absolute Gasteiger partial charge is 0.497 e. The average molecular weight is 388 g/mol. The van der Waals surface area contributed by atoms with E-state index in [0.29, 0.717) is 11.4 Å². The van der Waals surface area contributed by atoms with Crippen molar-refractivity contribution >= 4 is 26.0 Å². The van der Waals surface area contributed by atoms with Gasteiger partial charge in [-0.05, 0) is 47.1 Å². The van der Waals surface area contributed by atoms with E-state index in [1.165, 1.54) is 30.6 Å². The number of nitrogens with zero attached hydrogens (tertiary/aromatic N) is 3. The zero-order chi connectivity index (χ0) is 16.3. The number of ether oxygens (including phenoxy) is 1. The Morgan fingerprint density at radius 2 is 1.95 bits per heavy atom. The summed E-state index contributed by atoms with van der Waals surface area (Å²) in [5.74, 6) is 0.617. The maximum absolute atomic E-state index is 12.6. The van der Waals surface area contributed by atoms with Gasteiger partial charge in [-0.2, -0.15) is 9.40 Å². The molecule has 0 bridgehead atoms. The fraction of sp³-hybridized carbons (Fsp3) is 0.357. The van der Waals surface area contributed by atoms with Crippen molar-refractivity contribution in [3.8, 4) is 5.75 Å². The van der Waals surface area contributed by atoms with Crippen molar-refractivity contribution < 1.29 is 13.2 Å². The van der Waals surface area contributed by atoms with Gasteiger partial charge in [-0.3, -0.25) is 4.68 Å². The highest BCUT2D eigenvalue weighted by atomic mass is 79.9. The summed E-state index contributed by atoms with van der Waals surface area (Å²) in [5.41, 5.74) is 0.682. The molecule has 8 heteroatoms. The predicted molar refractivity (Wildman–Crippen MR) is 87.2 cm³/mol. The first-order chi connectivity index (χ1) is 10.4. The van der Waals surface area contributed by atoms with Gasteiger partial charge < -0.3 is 4.74 Å². The zero-order valence-electron chi connectivity index (χ0n) is 12.7. The van der Waals surface area contributed by atoms with Crippen molar-refractivity contribution in [3.05, 3.63) is 40.6 Å². The molecule has 0 aliphatic carbocycles. The van der Waals surface area contributed by atoms with Gasteiger partial charge in [0, 0.05) is 19.8 Å². The van der Waals surface area contributed by atoms with Crippen molar-refractivity contribution in [2.45, 2.75) is 24.9 Å². The quantitative estimate of drug-likeness (QED) is 0.763. The van der Waals surface area contributed by atoms with E-state index in [9.17, 15) is 8.42 Å². The van der Waals surface area contributed by atoms with Crippen LogP contribution in [-0.4, -0.2) is 36.7 Å². The maximum Gasteiger partial charge on any atom is 0.243 e. The highest BCUT2D eigenvalue weighted by Crippen LogP contribution is 2.22. The molecule has 2 rings (SSSR count). The number of aryl methyl sites for hydroxylation is 1. The van der Waals surface area contributed by atoms with E-state index in [1.54, 1.807) is 16.8 Å². The van der Waals surface area contributed by atoms with Gasteiger partial charge in [0.05, 0.1) is 28.7 Å². The number of hydrogen-bond donors (Lipinski definition) is 0. The second kappa shape index (κ2) is 6.80. The molecule has 6 nitrogen and oxygen atoms in total. The average Bonchev–Trinajstić information content (AvgIpc) is 2.87. The summed E-state index contributed by atoms with van der Waals surface area (Å²) in [7, 11) is -0.491. The highest BCUT2D eigenvalue weighted by Gasteiger charge is 2.22. The summed E-state index contributed by atoms with van der Waals surface area (Å²) in [6.07, 6.45) is 1.84. The normalized spacial score (nSPS) is 11.9. The van der Waals surface area contributed by atoms with Gasteiger partial charge >= 0.3 is 0 Å². The number of methoxy groups -OCH3 is 1. The number of halogens is 1. The second-order valence-electron chi connectivity index (χ2n) is 4.72. The summed E-state index contributed by atoms with van der Waals surface area (Å²) in [6, 6.07) is 6.32. The van der Waals surface area contributed by atoms with Crippen LogP contribution in [0.15, 0.2) is 39.8 Å². The van der Waals surface area contributed by atoms with Gasteiger partial charge in [0.1, 0.15) is 5.75 Å². The molecule has 120 valence electrons. The van der Waals surface area contributed by atoms with Crippen LogP contribution < -0.4 is 4.74 Å². The van der Waals surface area contributed by atoms with Crippen LogP contribution in [0.5, 0.6) is 5.75 Å². The van der Waals surface area contributed by atoms with Gasteiger partial charge in [-0.15, -0.1) is 0 Å². The molecule has 0 saturated carbocycles. The van der Waals surface area contributed by atoms with Gasteiger partial charge in [0.2, 0.25) is 10.0 Å². The molecule has 0 aliphatic rings. The van der Waals surface area contributed by atoms with Crippen LogP contribution >= 0.6 is 15.9 Å². The zero-order valence-corrected chi connectivity index (χ0v) is 15.1. The van der Waals surface area contributed by atoms with Crippen LogP contribution in [-0.2, 0) is 23.1 Å². The van der Waals surface area contributed by atoms with E-state index in [1.807, 2.05) is 13.1 Å². The summed E-state index contributed by atoms with van der Waals surface area (Å²) in [6.45, 7) is 2.90. The Bertz CT molecular complexity index is 741. The first kappa shape index (κ1) is 17.0. The molecule has 1 heterocycles. The first-order valence-corrected chi connectivity index (χ1v) is 8.94. The molecular formula is C14H18BrN3O3S. The summed E-state index contributed by atoms with van der Waals surface area (Å²) >= 11 is 3.41. The predicted octanol–water partition coefficient (Wildman–Crippen LogP) is 2.49. The van der Waals surface area contributed by atoms with E-state index in [2.05, 4.69) is 21.0 Å². The molecule has 0 radical (unpaired) electrons.